The SMILES string of the molecule is CN(CCCCc1c[nH]c2ccc(C#N)cc12)CCN(C)c1ncc(F)cn1. The highest BCUT2D eigenvalue weighted by Gasteiger charge is 2.08. The van der Waals surface area contributed by atoms with Gasteiger partial charge in [0.05, 0.1) is 24.0 Å². The van der Waals surface area contributed by atoms with E-state index in [1.54, 1.807) is 0 Å². The molecule has 2 aromatic heterocycles. The maximum Gasteiger partial charge on any atom is 0.225 e. The molecule has 0 saturated heterocycles. The van der Waals surface area contributed by atoms with Gasteiger partial charge in [0, 0.05) is 37.2 Å². The number of hydrogen-bond donors (Lipinski definition) is 1. The molecule has 1 N–H and O–H groups in total. The minimum Gasteiger partial charge on any atom is -0.361 e. The number of hydrogen-bond acceptors (Lipinski definition) is 5. The normalized spacial score (nSPS) is 11.1. The van der Waals surface area contributed by atoms with Gasteiger partial charge in [-0.2, -0.15) is 5.26 Å². The van der Waals surface area contributed by atoms with Gasteiger partial charge in [0.25, 0.3) is 0 Å². The van der Waals surface area contributed by atoms with Crippen molar-refractivity contribution in [2.24, 2.45) is 0 Å². The van der Waals surface area contributed by atoms with Crippen molar-refractivity contribution in [1.29, 1.82) is 5.26 Å². The number of likely N-dealkylation sites (N-methyl/N-ethyl adjacent to an activating group) is 2. The fourth-order valence-electron chi connectivity index (χ4n) is 3.19. The van der Waals surface area contributed by atoms with Crippen LogP contribution in [-0.4, -0.2) is 53.6 Å². The molecule has 0 aliphatic heterocycles. The summed E-state index contributed by atoms with van der Waals surface area (Å²) >= 11 is 0. The first-order valence-electron chi connectivity index (χ1n) is 9.44. The van der Waals surface area contributed by atoms with Crippen LogP contribution < -0.4 is 4.90 Å². The molecular weight excluding hydrogens is 355 g/mol. The van der Waals surface area contributed by atoms with Gasteiger partial charge in [0.1, 0.15) is 0 Å². The molecule has 1 aromatic carbocycles. The Labute approximate surface area is 164 Å². The maximum absolute atomic E-state index is 12.9. The highest BCUT2D eigenvalue weighted by molar-refractivity contribution is 5.84. The zero-order chi connectivity index (χ0) is 19.9. The van der Waals surface area contributed by atoms with Gasteiger partial charge >= 0.3 is 0 Å². The van der Waals surface area contributed by atoms with E-state index in [0.717, 1.165) is 49.8 Å². The first-order chi connectivity index (χ1) is 13.6. The molecule has 0 aliphatic rings. The van der Waals surface area contributed by atoms with Crippen LogP contribution in [0.3, 0.4) is 0 Å². The number of benzene rings is 1. The number of H-pyrrole nitrogens is 1. The van der Waals surface area contributed by atoms with Crippen molar-refractivity contribution < 1.29 is 4.39 Å². The molecule has 0 atom stereocenters. The number of rotatable bonds is 9. The number of anilines is 1. The van der Waals surface area contributed by atoms with E-state index < -0.39 is 5.82 Å². The molecule has 146 valence electrons. The number of nitriles is 1. The van der Waals surface area contributed by atoms with Gasteiger partial charge in [-0.1, -0.05) is 0 Å². The molecule has 2 heterocycles. The standard InChI is InChI=1S/C21H25FN6/c1-27(9-10-28(2)21-25-14-18(22)15-26-21)8-4-3-5-17-13-24-20-7-6-16(12-23)11-19(17)20/h6-7,11,13-15,24H,3-5,8-10H2,1-2H3. The monoisotopic (exact) mass is 380 g/mol. The average Bonchev–Trinajstić information content (AvgIpc) is 3.12. The third kappa shape index (κ3) is 5.05. The zero-order valence-electron chi connectivity index (χ0n) is 16.3. The lowest BCUT2D eigenvalue weighted by Gasteiger charge is -2.22. The minimum atomic E-state index is -0.423. The van der Waals surface area contributed by atoms with Crippen LogP contribution in [0.5, 0.6) is 0 Å². The van der Waals surface area contributed by atoms with Crippen LogP contribution in [0.25, 0.3) is 10.9 Å². The number of aromatic nitrogens is 3. The molecule has 0 unspecified atom stereocenters. The van der Waals surface area contributed by atoms with Gasteiger partial charge in [0.2, 0.25) is 5.95 Å². The Kier molecular flexibility index (Phi) is 6.56. The fourth-order valence-corrected chi connectivity index (χ4v) is 3.19. The second kappa shape index (κ2) is 9.29. The van der Waals surface area contributed by atoms with Gasteiger partial charge in [0.15, 0.2) is 5.82 Å². The number of unbranched alkanes of at least 4 members (excludes halogenated alkanes) is 1. The summed E-state index contributed by atoms with van der Waals surface area (Å²) in [6.45, 7) is 2.67. The Morgan fingerprint density at radius 3 is 2.64 bits per heavy atom. The fraction of sp³-hybridized carbons (Fsp3) is 0.381. The first-order valence-corrected chi connectivity index (χ1v) is 9.44. The van der Waals surface area contributed by atoms with Gasteiger partial charge < -0.3 is 14.8 Å². The number of nitrogens with zero attached hydrogens (tertiary/aromatic N) is 5. The van der Waals surface area contributed by atoms with E-state index in [4.69, 9.17) is 5.26 Å². The van der Waals surface area contributed by atoms with Crippen LogP contribution in [0.4, 0.5) is 10.3 Å². The number of aryl methyl sites for hydroxylation is 1. The van der Waals surface area contributed by atoms with Crippen molar-refractivity contribution in [2.45, 2.75) is 19.3 Å². The molecule has 0 saturated carbocycles. The highest BCUT2D eigenvalue weighted by atomic mass is 19.1. The molecule has 0 amide bonds. The van der Waals surface area contributed by atoms with Crippen LogP contribution in [0.15, 0.2) is 36.8 Å². The van der Waals surface area contributed by atoms with E-state index in [9.17, 15) is 4.39 Å². The molecule has 3 rings (SSSR count). The van der Waals surface area contributed by atoms with Crippen molar-refractivity contribution >= 4 is 16.9 Å². The summed E-state index contributed by atoms with van der Waals surface area (Å²) in [5.74, 6) is 0.110. The lowest BCUT2D eigenvalue weighted by Crippen LogP contribution is -2.32. The zero-order valence-corrected chi connectivity index (χ0v) is 16.3. The topological polar surface area (TPSA) is 71.8 Å². The Morgan fingerprint density at radius 2 is 1.89 bits per heavy atom. The Bertz CT molecular complexity index is 944. The van der Waals surface area contributed by atoms with Gasteiger partial charge in [-0.05, 0) is 56.6 Å². The lowest BCUT2D eigenvalue weighted by atomic mass is 10.1. The van der Waals surface area contributed by atoms with Crippen LogP contribution in [0.1, 0.15) is 24.0 Å². The Morgan fingerprint density at radius 1 is 1.11 bits per heavy atom. The summed E-state index contributed by atoms with van der Waals surface area (Å²) in [6, 6.07) is 7.97. The van der Waals surface area contributed by atoms with E-state index >= 15 is 0 Å². The molecule has 6 nitrogen and oxygen atoms in total. The third-order valence-corrected chi connectivity index (χ3v) is 4.90. The smallest absolute Gasteiger partial charge is 0.225 e. The third-order valence-electron chi connectivity index (χ3n) is 4.90. The first kappa shape index (κ1) is 19.8. The molecule has 0 spiro atoms. The molecule has 7 heteroatoms. The molecule has 0 radical (unpaired) electrons. The molecule has 3 aromatic rings. The summed E-state index contributed by atoms with van der Waals surface area (Å²) in [6.07, 6.45) is 7.60. The van der Waals surface area contributed by atoms with E-state index in [1.807, 2.05) is 36.3 Å². The Hall–Kier alpha value is -2.98. The summed E-state index contributed by atoms with van der Waals surface area (Å²) in [5, 5.41) is 10.2. The molecule has 0 fully saturated rings. The highest BCUT2D eigenvalue weighted by Crippen LogP contribution is 2.21. The number of aromatic amines is 1. The minimum absolute atomic E-state index is 0.423. The van der Waals surface area contributed by atoms with Crippen molar-refractivity contribution in [3.05, 3.63) is 53.7 Å². The molecular formula is C21H25FN6. The van der Waals surface area contributed by atoms with E-state index in [0.29, 0.717) is 11.5 Å². The quantitative estimate of drug-likeness (QED) is 0.576. The largest absolute Gasteiger partial charge is 0.361 e. The maximum atomic E-state index is 12.9. The van der Waals surface area contributed by atoms with E-state index in [-0.39, 0.29) is 0 Å². The van der Waals surface area contributed by atoms with Gasteiger partial charge in [-0.15, -0.1) is 0 Å². The predicted molar refractivity (Wildman–Crippen MR) is 109 cm³/mol. The molecule has 0 aliphatic carbocycles. The predicted octanol–water partition coefficient (Wildman–Crippen LogP) is 3.36. The number of nitrogens with one attached hydrogen (secondary N) is 1. The van der Waals surface area contributed by atoms with Crippen LogP contribution >= 0.6 is 0 Å². The average molecular weight is 380 g/mol. The van der Waals surface area contributed by atoms with Gasteiger partial charge in [-0.3, -0.25) is 0 Å². The summed E-state index contributed by atoms with van der Waals surface area (Å²) in [7, 11) is 4.01. The van der Waals surface area contributed by atoms with Crippen molar-refractivity contribution in [3.8, 4) is 6.07 Å². The van der Waals surface area contributed by atoms with Crippen molar-refractivity contribution in [2.75, 3.05) is 38.6 Å². The second-order valence-corrected chi connectivity index (χ2v) is 7.07. The molecule has 28 heavy (non-hydrogen) atoms. The van der Waals surface area contributed by atoms with Gasteiger partial charge in [-0.25, -0.2) is 14.4 Å². The molecule has 0 bridgehead atoms. The van der Waals surface area contributed by atoms with E-state index in [1.165, 1.54) is 18.0 Å². The number of fused-ring (bicyclic) bond motifs is 1. The Balaban J connectivity index is 1.40. The van der Waals surface area contributed by atoms with Crippen LogP contribution in [0, 0.1) is 17.1 Å². The summed E-state index contributed by atoms with van der Waals surface area (Å²) < 4.78 is 12.9. The lowest BCUT2D eigenvalue weighted by molar-refractivity contribution is 0.332. The van der Waals surface area contributed by atoms with Crippen LogP contribution in [0.2, 0.25) is 0 Å². The van der Waals surface area contributed by atoms with Crippen LogP contribution in [-0.2, 0) is 6.42 Å². The van der Waals surface area contributed by atoms with Crippen molar-refractivity contribution in [3.63, 3.8) is 0 Å². The summed E-state index contributed by atoms with van der Waals surface area (Å²) in [5.41, 5.74) is 3.04. The summed E-state index contributed by atoms with van der Waals surface area (Å²) in [4.78, 5) is 15.5. The number of halogens is 1. The van der Waals surface area contributed by atoms with Crippen molar-refractivity contribution in [1.82, 2.24) is 19.9 Å². The second-order valence-electron chi connectivity index (χ2n) is 7.07. The van der Waals surface area contributed by atoms with E-state index in [2.05, 4.69) is 33.0 Å².